The molecule has 8 heteroatoms. The predicted molar refractivity (Wildman–Crippen MR) is 104 cm³/mol. The second-order valence-electron chi connectivity index (χ2n) is 5.64. The monoisotopic (exact) mass is 373 g/mol. The lowest BCUT2D eigenvalue weighted by molar-refractivity contribution is -0.117. The van der Waals surface area contributed by atoms with Crippen LogP contribution in [0.2, 0.25) is 0 Å². The van der Waals surface area contributed by atoms with Gasteiger partial charge < -0.3 is 21.7 Å². The molecule has 2 aromatic rings. The Labute approximate surface area is 156 Å². The summed E-state index contributed by atoms with van der Waals surface area (Å²) >= 11 is 1.75. The van der Waals surface area contributed by atoms with Gasteiger partial charge in [0.1, 0.15) is 0 Å². The zero-order valence-corrected chi connectivity index (χ0v) is 15.7. The SMILES string of the molecule is CN=C(NCc1ccc(C(=O)NCC(N)=O)cc1)NCc1ccc(C)s1. The van der Waals surface area contributed by atoms with Gasteiger partial charge in [-0.05, 0) is 36.8 Å². The highest BCUT2D eigenvalue weighted by molar-refractivity contribution is 7.11. The van der Waals surface area contributed by atoms with Gasteiger partial charge >= 0.3 is 0 Å². The van der Waals surface area contributed by atoms with Gasteiger partial charge in [0.2, 0.25) is 5.91 Å². The Kier molecular flexibility index (Phi) is 7.16. The molecule has 1 aromatic carbocycles. The number of nitrogens with one attached hydrogen (secondary N) is 3. The first kappa shape index (κ1) is 19.5. The summed E-state index contributed by atoms with van der Waals surface area (Å²) in [5.41, 5.74) is 6.49. The molecule has 0 bridgehead atoms. The molecule has 26 heavy (non-hydrogen) atoms. The third-order valence-corrected chi connectivity index (χ3v) is 4.55. The van der Waals surface area contributed by atoms with Gasteiger partial charge in [-0.1, -0.05) is 12.1 Å². The number of primary amides is 1. The van der Waals surface area contributed by atoms with Gasteiger partial charge in [0, 0.05) is 28.9 Å². The van der Waals surface area contributed by atoms with Crippen molar-refractivity contribution < 1.29 is 9.59 Å². The minimum absolute atomic E-state index is 0.173. The summed E-state index contributed by atoms with van der Waals surface area (Å²) in [5, 5.41) is 8.95. The number of benzene rings is 1. The molecule has 2 amide bonds. The highest BCUT2D eigenvalue weighted by Crippen LogP contribution is 2.14. The Balaban J connectivity index is 1.82. The Hall–Kier alpha value is -2.87. The highest BCUT2D eigenvalue weighted by atomic mass is 32.1. The summed E-state index contributed by atoms with van der Waals surface area (Å²) in [4.78, 5) is 29.3. The van der Waals surface area contributed by atoms with Crippen molar-refractivity contribution in [1.29, 1.82) is 0 Å². The van der Waals surface area contributed by atoms with E-state index in [-0.39, 0.29) is 12.5 Å². The van der Waals surface area contributed by atoms with Gasteiger partial charge in [0.05, 0.1) is 13.1 Å². The van der Waals surface area contributed by atoms with E-state index < -0.39 is 5.91 Å². The average molecular weight is 373 g/mol. The Morgan fingerprint density at radius 2 is 1.73 bits per heavy atom. The molecule has 7 nitrogen and oxygen atoms in total. The molecule has 1 aromatic heterocycles. The average Bonchev–Trinajstić information content (AvgIpc) is 3.05. The van der Waals surface area contributed by atoms with Gasteiger partial charge in [0.15, 0.2) is 5.96 Å². The van der Waals surface area contributed by atoms with Crippen LogP contribution >= 0.6 is 11.3 Å². The van der Waals surface area contributed by atoms with E-state index in [0.717, 1.165) is 12.1 Å². The summed E-state index contributed by atoms with van der Waals surface area (Å²) in [6, 6.07) is 11.3. The van der Waals surface area contributed by atoms with Crippen molar-refractivity contribution in [1.82, 2.24) is 16.0 Å². The maximum absolute atomic E-state index is 11.8. The lowest BCUT2D eigenvalue weighted by Gasteiger charge is -2.11. The van der Waals surface area contributed by atoms with Crippen molar-refractivity contribution in [2.75, 3.05) is 13.6 Å². The lowest BCUT2D eigenvalue weighted by Crippen LogP contribution is -2.36. The fourth-order valence-electron chi connectivity index (χ4n) is 2.20. The van der Waals surface area contributed by atoms with Crippen LogP contribution < -0.4 is 21.7 Å². The number of aliphatic imine (C=N–C) groups is 1. The van der Waals surface area contributed by atoms with Crippen LogP contribution in [-0.4, -0.2) is 31.4 Å². The number of aryl methyl sites for hydroxylation is 1. The van der Waals surface area contributed by atoms with Crippen molar-refractivity contribution in [3.63, 3.8) is 0 Å². The molecule has 2 rings (SSSR count). The van der Waals surface area contributed by atoms with Crippen molar-refractivity contribution in [3.8, 4) is 0 Å². The number of hydrogen-bond acceptors (Lipinski definition) is 4. The van der Waals surface area contributed by atoms with Crippen LogP contribution in [0.1, 0.15) is 25.7 Å². The molecule has 0 unspecified atom stereocenters. The summed E-state index contributed by atoms with van der Waals surface area (Å²) in [6.45, 7) is 3.20. The van der Waals surface area contributed by atoms with Crippen LogP contribution in [0.4, 0.5) is 0 Å². The second-order valence-corrected chi connectivity index (χ2v) is 7.01. The number of nitrogens with two attached hydrogens (primary N) is 1. The second kappa shape index (κ2) is 9.57. The van der Waals surface area contributed by atoms with E-state index in [2.05, 4.69) is 40.0 Å². The molecule has 1 heterocycles. The molecular formula is C18H23N5O2S. The minimum atomic E-state index is -0.573. The predicted octanol–water partition coefficient (Wildman–Crippen LogP) is 1.14. The molecule has 0 aliphatic rings. The van der Waals surface area contributed by atoms with E-state index >= 15 is 0 Å². The van der Waals surface area contributed by atoms with Crippen molar-refractivity contribution in [2.24, 2.45) is 10.7 Å². The van der Waals surface area contributed by atoms with E-state index in [4.69, 9.17) is 5.73 Å². The maximum atomic E-state index is 11.8. The normalized spacial score (nSPS) is 11.1. The highest BCUT2D eigenvalue weighted by Gasteiger charge is 2.06. The number of rotatable bonds is 7. The van der Waals surface area contributed by atoms with Gasteiger partial charge in [-0.3, -0.25) is 14.6 Å². The number of thiophene rings is 1. The lowest BCUT2D eigenvalue weighted by atomic mass is 10.1. The molecule has 0 spiro atoms. The molecule has 0 aliphatic heterocycles. The number of nitrogens with zero attached hydrogens (tertiary/aromatic N) is 1. The van der Waals surface area contributed by atoms with Crippen molar-refractivity contribution in [2.45, 2.75) is 20.0 Å². The van der Waals surface area contributed by atoms with Crippen LogP contribution in [0.5, 0.6) is 0 Å². The number of amides is 2. The van der Waals surface area contributed by atoms with Crippen LogP contribution in [0.15, 0.2) is 41.4 Å². The summed E-state index contributed by atoms with van der Waals surface area (Å²) in [6.07, 6.45) is 0. The third kappa shape index (κ3) is 6.21. The van der Waals surface area contributed by atoms with Crippen LogP contribution in [-0.2, 0) is 17.9 Å². The van der Waals surface area contributed by atoms with E-state index in [9.17, 15) is 9.59 Å². The fourth-order valence-corrected chi connectivity index (χ4v) is 3.03. The van der Waals surface area contributed by atoms with Crippen molar-refractivity contribution >= 4 is 29.1 Å². The van der Waals surface area contributed by atoms with Crippen LogP contribution in [0.3, 0.4) is 0 Å². The van der Waals surface area contributed by atoms with Crippen molar-refractivity contribution in [3.05, 3.63) is 57.3 Å². The molecule has 0 atom stereocenters. The van der Waals surface area contributed by atoms with Gasteiger partial charge in [0.25, 0.3) is 5.91 Å². The molecule has 138 valence electrons. The first-order chi connectivity index (χ1) is 12.5. The van der Waals surface area contributed by atoms with E-state index in [1.807, 2.05) is 12.1 Å². The van der Waals surface area contributed by atoms with Crippen LogP contribution in [0.25, 0.3) is 0 Å². The Morgan fingerprint density at radius 3 is 2.31 bits per heavy atom. The smallest absolute Gasteiger partial charge is 0.251 e. The van der Waals surface area contributed by atoms with E-state index in [1.165, 1.54) is 9.75 Å². The number of hydrogen-bond donors (Lipinski definition) is 4. The first-order valence-electron chi connectivity index (χ1n) is 8.13. The fraction of sp³-hybridized carbons (Fsp3) is 0.278. The zero-order chi connectivity index (χ0) is 18.9. The summed E-state index contributed by atoms with van der Waals surface area (Å²) < 4.78 is 0. The van der Waals surface area contributed by atoms with E-state index in [0.29, 0.717) is 18.1 Å². The first-order valence-corrected chi connectivity index (χ1v) is 8.95. The third-order valence-electron chi connectivity index (χ3n) is 3.55. The molecule has 0 aliphatic carbocycles. The molecule has 0 saturated heterocycles. The topological polar surface area (TPSA) is 109 Å². The number of guanidine groups is 1. The van der Waals surface area contributed by atoms with Gasteiger partial charge in [-0.25, -0.2) is 0 Å². The number of carbonyl (C=O) groups excluding carboxylic acids is 2. The minimum Gasteiger partial charge on any atom is -0.368 e. The molecule has 5 N–H and O–H groups in total. The summed E-state index contributed by atoms with van der Waals surface area (Å²) in [5.74, 6) is -0.192. The largest absolute Gasteiger partial charge is 0.368 e. The van der Waals surface area contributed by atoms with Crippen LogP contribution in [0, 0.1) is 6.92 Å². The Bertz CT molecular complexity index is 783. The zero-order valence-electron chi connectivity index (χ0n) is 14.8. The quantitative estimate of drug-likeness (QED) is 0.431. The molecule has 0 radical (unpaired) electrons. The van der Waals surface area contributed by atoms with E-state index in [1.54, 1.807) is 30.5 Å². The molecular weight excluding hydrogens is 350 g/mol. The number of carbonyl (C=O) groups is 2. The van der Waals surface area contributed by atoms with Gasteiger partial charge in [-0.2, -0.15) is 0 Å². The Morgan fingerprint density at radius 1 is 1.04 bits per heavy atom. The van der Waals surface area contributed by atoms with Gasteiger partial charge in [-0.15, -0.1) is 11.3 Å². The molecule has 0 saturated carbocycles. The standard InChI is InChI=1S/C18H23N5O2S/c1-12-3-8-15(26-12)10-23-18(20-2)22-9-13-4-6-14(7-5-13)17(25)21-11-16(19)24/h3-8H,9-11H2,1-2H3,(H2,19,24)(H,21,25)(H2,20,22,23). The molecule has 0 fully saturated rings. The summed E-state index contributed by atoms with van der Waals surface area (Å²) in [7, 11) is 1.72. The maximum Gasteiger partial charge on any atom is 0.251 e.